The van der Waals surface area contributed by atoms with Gasteiger partial charge in [-0.25, -0.2) is 4.98 Å². The number of anilines is 1. The molecule has 1 atom stereocenters. The van der Waals surface area contributed by atoms with E-state index < -0.39 is 18.1 Å². The Bertz CT molecular complexity index is 1060. The van der Waals surface area contributed by atoms with Gasteiger partial charge in [-0.3, -0.25) is 9.69 Å². The molecule has 9 heteroatoms. The van der Waals surface area contributed by atoms with Gasteiger partial charge in [0, 0.05) is 5.56 Å². The van der Waals surface area contributed by atoms with Crippen molar-refractivity contribution in [3.05, 3.63) is 47.9 Å². The second kappa shape index (κ2) is 6.45. The molecule has 0 fully saturated rings. The number of aliphatic hydroxyl groups excluding tert-OH is 1. The third-order valence-electron chi connectivity index (χ3n) is 4.43. The van der Waals surface area contributed by atoms with Crippen molar-refractivity contribution in [2.45, 2.75) is 25.7 Å². The molecule has 0 radical (unpaired) electrons. The summed E-state index contributed by atoms with van der Waals surface area (Å²) in [6, 6.07) is 9.53. The van der Waals surface area contributed by atoms with Crippen LogP contribution in [0.5, 0.6) is 11.5 Å². The number of carbonyl (C=O) groups excluding carboxylic acids is 1. The third-order valence-corrected chi connectivity index (χ3v) is 4.43. The Kier molecular flexibility index (Phi) is 4.19. The van der Waals surface area contributed by atoms with Crippen molar-refractivity contribution in [2.24, 2.45) is 0 Å². The molecule has 1 unspecified atom stereocenters. The van der Waals surface area contributed by atoms with Gasteiger partial charge in [0.25, 0.3) is 0 Å². The van der Waals surface area contributed by atoms with Gasteiger partial charge in [0.15, 0.2) is 17.1 Å². The number of alkyl halides is 2. The summed E-state index contributed by atoms with van der Waals surface area (Å²) in [6.07, 6.45) is -5.14. The molecule has 146 valence electrons. The molecule has 7 nitrogen and oxygen atoms in total. The van der Waals surface area contributed by atoms with Crippen LogP contribution in [0.25, 0.3) is 11.1 Å². The van der Waals surface area contributed by atoms with Crippen LogP contribution in [0.15, 0.2) is 40.8 Å². The van der Waals surface area contributed by atoms with E-state index in [1.165, 1.54) is 26.2 Å². The molecule has 2 heterocycles. The van der Waals surface area contributed by atoms with E-state index in [-0.39, 0.29) is 29.4 Å². The van der Waals surface area contributed by atoms with Crippen LogP contribution in [0.4, 0.5) is 14.5 Å². The van der Waals surface area contributed by atoms with Gasteiger partial charge >= 0.3 is 12.0 Å². The normalized spacial score (nSPS) is 16.6. The maximum atomic E-state index is 14.2. The van der Waals surface area contributed by atoms with E-state index in [9.17, 15) is 18.7 Å². The number of hydrogen-bond donors (Lipinski definition) is 1. The van der Waals surface area contributed by atoms with Gasteiger partial charge in [-0.15, -0.1) is 0 Å². The maximum Gasteiger partial charge on any atom is 0.483 e. The molecule has 1 N–H and O–H groups in total. The summed E-state index contributed by atoms with van der Waals surface area (Å²) in [5.41, 5.74) is 1.07. The van der Waals surface area contributed by atoms with Crippen LogP contribution in [0.3, 0.4) is 0 Å². The number of carbonyl (C=O) groups is 1. The maximum absolute atomic E-state index is 14.2. The van der Waals surface area contributed by atoms with Crippen LogP contribution in [0.1, 0.15) is 24.5 Å². The van der Waals surface area contributed by atoms with E-state index in [1.807, 2.05) is 0 Å². The van der Waals surface area contributed by atoms with Crippen LogP contribution in [-0.2, 0) is 11.3 Å². The summed E-state index contributed by atoms with van der Waals surface area (Å²) in [6.45, 7) is 1.08. The average molecular weight is 390 g/mol. The lowest BCUT2D eigenvalue weighted by atomic mass is 10.1. The Morgan fingerprint density at radius 1 is 1.29 bits per heavy atom. The Labute approximate surface area is 158 Å². The van der Waals surface area contributed by atoms with Crippen LogP contribution >= 0.6 is 0 Å². The van der Waals surface area contributed by atoms with Crippen LogP contribution in [-0.4, -0.2) is 29.2 Å². The minimum absolute atomic E-state index is 0.0546. The number of oxazole rings is 1. The van der Waals surface area contributed by atoms with Gasteiger partial charge in [0.2, 0.25) is 5.89 Å². The smallest absolute Gasteiger partial charge is 0.483 e. The highest BCUT2D eigenvalue weighted by molar-refractivity contribution is 6.01. The molecule has 0 bridgehead atoms. The van der Waals surface area contributed by atoms with E-state index in [2.05, 4.69) is 9.72 Å². The van der Waals surface area contributed by atoms with Crippen molar-refractivity contribution in [3.63, 3.8) is 0 Å². The van der Waals surface area contributed by atoms with Crippen LogP contribution < -0.4 is 14.4 Å². The van der Waals surface area contributed by atoms with Gasteiger partial charge in [-0.1, -0.05) is 18.2 Å². The van der Waals surface area contributed by atoms with Gasteiger partial charge in [0.1, 0.15) is 12.1 Å². The fraction of sp³-hybridized carbons (Fsp3) is 0.263. The number of benzene rings is 2. The van der Waals surface area contributed by atoms with Crippen molar-refractivity contribution in [2.75, 3.05) is 12.0 Å². The molecule has 28 heavy (non-hydrogen) atoms. The largest absolute Gasteiger partial charge is 0.493 e. The molecule has 0 saturated carbocycles. The molecule has 3 aromatic rings. The number of ether oxygens (including phenoxy) is 2. The predicted molar refractivity (Wildman–Crippen MR) is 94.4 cm³/mol. The zero-order valence-electron chi connectivity index (χ0n) is 15.0. The number of methoxy groups -OCH3 is 1. The number of aromatic nitrogens is 1. The lowest BCUT2D eigenvalue weighted by Crippen LogP contribution is -2.50. The standard InChI is InChI=1S/C19H16F2N2O5/c1-10(24)11-5-3-7-13-16(11)28-19(20,21)18(25)23(13)9-15-22-12-6-4-8-14(26-2)17(12)27-15/h3-8,10,24H,9H2,1-2H3. The fourth-order valence-electron chi connectivity index (χ4n) is 3.12. The van der Waals surface area contributed by atoms with Crippen molar-refractivity contribution in [3.8, 4) is 11.5 Å². The number of hydrogen-bond acceptors (Lipinski definition) is 6. The zero-order chi connectivity index (χ0) is 20.1. The summed E-state index contributed by atoms with van der Waals surface area (Å²) >= 11 is 0. The zero-order valence-corrected chi connectivity index (χ0v) is 15.0. The SMILES string of the molecule is COc1cccc2nc(CN3C(=O)C(F)(F)Oc4c(C(C)O)cccc43)oc12. The topological polar surface area (TPSA) is 85.0 Å². The van der Waals surface area contributed by atoms with Gasteiger partial charge in [-0.05, 0) is 25.1 Å². The van der Waals surface area contributed by atoms with Crippen LogP contribution in [0, 0.1) is 0 Å². The summed E-state index contributed by atoms with van der Waals surface area (Å²) in [5.74, 6) is -1.31. The van der Waals surface area contributed by atoms with Gasteiger partial charge < -0.3 is 19.0 Å². The van der Waals surface area contributed by atoms with Gasteiger partial charge in [-0.2, -0.15) is 8.78 Å². The van der Waals surface area contributed by atoms with E-state index in [0.29, 0.717) is 16.8 Å². The second-order valence-corrected chi connectivity index (χ2v) is 6.30. The van der Waals surface area contributed by atoms with E-state index in [1.54, 1.807) is 24.3 Å². The molecule has 0 spiro atoms. The Hall–Kier alpha value is -3.20. The van der Waals surface area contributed by atoms with E-state index in [0.717, 1.165) is 4.90 Å². The number of fused-ring (bicyclic) bond motifs is 2. The molecule has 1 amide bonds. The first kappa shape index (κ1) is 18.2. The molecule has 2 aromatic carbocycles. The minimum atomic E-state index is -4.08. The summed E-state index contributed by atoms with van der Waals surface area (Å²) in [4.78, 5) is 17.4. The summed E-state index contributed by atoms with van der Waals surface area (Å²) in [7, 11) is 1.47. The van der Waals surface area contributed by atoms with Crippen molar-refractivity contribution >= 4 is 22.7 Å². The molecule has 0 aliphatic carbocycles. The van der Waals surface area contributed by atoms with Crippen molar-refractivity contribution in [1.29, 1.82) is 0 Å². The number of aliphatic hydroxyl groups is 1. The van der Waals surface area contributed by atoms with E-state index >= 15 is 0 Å². The first-order valence-corrected chi connectivity index (χ1v) is 8.44. The molecule has 1 aliphatic heterocycles. The molecule has 1 aromatic heterocycles. The molecule has 4 rings (SSSR count). The summed E-state index contributed by atoms with van der Waals surface area (Å²) in [5, 5.41) is 9.87. The Morgan fingerprint density at radius 3 is 2.75 bits per heavy atom. The monoisotopic (exact) mass is 390 g/mol. The number of rotatable bonds is 4. The minimum Gasteiger partial charge on any atom is -0.493 e. The fourth-order valence-corrected chi connectivity index (χ4v) is 3.12. The highest BCUT2D eigenvalue weighted by Crippen LogP contribution is 2.44. The third kappa shape index (κ3) is 2.84. The lowest BCUT2D eigenvalue weighted by Gasteiger charge is -2.34. The Morgan fingerprint density at radius 2 is 2.04 bits per heavy atom. The number of halogens is 2. The van der Waals surface area contributed by atoms with Crippen LogP contribution in [0.2, 0.25) is 0 Å². The molecular weight excluding hydrogens is 374 g/mol. The van der Waals surface area contributed by atoms with Gasteiger partial charge in [0.05, 0.1) is 18.9 Å². The summed E-state index contributed by atoms with van der Waals surface area (Å²) < 4.78 is 43.9. The molecular formula is C19H16F2N2O5. The average Bonchev–Trinajstić information content (AvgIpc) is 3.07. The number of nitrogens with zero attached hydrogens (tertiary/aromatic N) is 2. The second-order valence-electron chi connectivity index (χ2n) is 6.30. The number of para-hydroxylation sites is 2. The quantitative estimate of drug-likeness (QED) is 0.735. The van der Waals surface area contributed by atoms with Crippen molar-refractivity contribution in [1.82, 2.24) is 4.98 Å². The highest BCUT2D eigenvalue weighted by atomic mass is 19.3. The highest BCUT2D eigenvalue weighted by Gasteiger charge is 2.51. The molecule has 0 saturated heterocycles. The first-order valence-electron chi connectivity index (χ1n) is 8.44. The first-order chi connectivity index (χ1) is 13.3. The molecule has 1 aliphatic rings. The Balaban J connectivity index is 1.79. The predicted octanol–water partition coefficient (Wildman–Crippen LogP) is 3.41. The number of amides is 1. The lowest BCUT2D eigenvalue weighted by molar-refractivity contribution is -0.193. The van der Waals surface area contributed by atoms with Crippen molar-refractivity contribution < 1.29 is 32.6 Å². The van der Waals surface area contributed by atoms with E-state index in [4.69, 9.17) is 9.15 Å².